The van der Waals surface area contributed by atoms with E-state index in [1.807, 2.05) is 76.7 Å². The third-order valence-electron chi connectivity index (χ3n) is 5.70. The van der Waals surface area contributed by atoms with Crippen LogP contribution in [0.25, 0.3) is 43.5 Å². The number of aromatic amines is 1. The largest absolute Gasteiger partial charge is 0.337 e. The van der Waals surface area contributed by atoms with Crippen molar-refractivity contribution in [3.05, 3.63) is 94.5 Å². The number of carbonyl (C=O) groups excluding carboxylic acids is 1. The van der Waals surface area contributed by atoms with E-state index in [0.717, 1.165) is 32.8 Å². The molecule has 1 amide bonds. The van der Waals surface area contributed by atoms with Crippen LogP contribution < -0.4 is 10.7 Å². The quantitative estimate of drug-likeness (QED) is 0.353. The molecule has 0 saturated carbocycles. The fraction of sp³-hybridized carbons (Fsp3) is 0.0385. The molecule has 0 aliphatic rings. The molecule has 7 heteroatoms. The van der Waals surface area contributed by atoms with Crippen molar-refractivity contribution >= 4 is 55.8 Å². The number of amides is 1. The number of pyridine rings is 1. The summed E-state index contributed by atoms with van der Waals surface area (Å²) in [6.45, 7) is 0.0861. The molecule has 0 saturated heterocycles. The Hall–Kier alpha value is -4.23. The van der Waals surface area contributed by atoms with Crippen molar-refractivity contribution < 1.29 is 4.79 Å². The molecule has 6 rings (SSSR count). The van der Waals surface area contributed by atoms with Crippen molar-refractivity contribution in [2.45, 2.75) is 6.54 Å². The normalized spacial score (nSPS) is 11.4. The van der Waals surface area contributed by atoms with Gasteiger partial charge in [0.2, 0.25) is 5.91 Å². The maximum Gasteiger partial charge on any atom is 0.244 e. The third kappa shape index (κ3) is 3.39. The van der Waals surface area contributed by atoms with Gasteiger partial charge in [-0.05, 0) is 53.9 Å². The second-order valence-corrected chi connectivity index (χ2v) is 8.74. The summed E-state index contributed by atoms with van der Waals surface area (Å²) in [5, 5.41) is 6.20. The van der Waals surface area contributed by atoms with Crippen molar-refractivity contribution in [1.82, 2.24) is 14.5 Å². The van der Waals surface area contributed by atoms with Crippen LogP contribution in [0.15, 0.2) is 89.0 Å². The summed E-state index contributed by atoms with van der Waals surface area (Å²) in [5.41, 5.74) is 3.83. The topological polar surface area (TPSA) is 79.8 Å². The van der Waals surface area contributed by atoms with Crippen LogP contribution in [0.3, 0.4) is 0 Å². The van der Waals surface area contributed by atoms with Gasteiger partial charge in [0.15, 0.2) is 5.43 Å². The Morgan fingerprint density at radius 3 is 2.36 bits per heavy atom. The van der Waals surface area contributed by atoms with Crippen LogP contribution in [0.1, 0.15) is 0 Å². The molecule has 3 aromatic heterocycles. The zero-order chi connectivity index (χ0) is 22.4. The van der Waals surface area contributed by atoms with Crippen molar-refractivity contribution in [2.24, 2.45) is 0 Å². The summed E-state index contributed by atoms with van der Waals surface area (Å²) in [4.78, 5) is 35.0. The number of nitrogens with zero attached hydrogens (tertiary/aromatic N) is 2. The number of rotatable bonds is 4. The number of hydrogen-bond donors (Lipinski definition) is 2. The number of H-pyrrole nitrogens is 1. The minimum Gasteiger partial charge on any atom is -0.337 e. The molecule has 0 spiro atoms. The van der Waals surface area contributed by atoms with Gasteiger partial charge in [-0.25, -0.2) is 4.98 Å². The molecule has 6 aromatic rings. The Morgan fingerprint density at radius 1 is 0.939 bits per heavy atom. The number of benzene rings is 3. The lowest BCUT2D eigenvalue weighted by Gasteiger charge is -2.15. The minimum absolute atomic E-state index is 0.0240. The Labute approximate surface area is 192 Å². The Bertz CT molecular complexity index is 1650. The van der Waals surface area contributed by atoms with E-state index in [1.165, 1.54) is 0 Å². The fourth-order valence-corrected chi connectivity index (χ4v) is 4.88. The molecule has 3 aromatic carbocycles. The number of para-hydroxylation sites is 2. The number of thiophene rings is 1. The monoisotopic (exact) mass is 450 g/mol. The molecule has 0 fully saturated rings. The lowest BCUT2D eigenvalue weighted by atomic mass is 10.1. The van der Waals surface area contributed by atoms with Gasteiger partial charge in [0, 0.05) is 16.5 Å². The van der Waals surface area contributed by atoms with E-state index in [4.69, 9.17) is 0 Å². The molecule has 0 bridgehead atoms. The second-order valence-electron chi connectivity index (χ2n) is 7.79. The van der Waals surface area contributed by atoms with Crippen LogP contribution in [0.2, 0.25) is 0 Å². The highest BCUT2D eigenvalue weighted by Gasteiger charge is 2.14. The van der Waals surface area contributed by atoms with E-state index in [-0.39, 0.29) is 17.9 Å². The van der Waals surface area contributed by atoms with Crippen LogP contribution in [0, 0.1) is 0 Å². The zero-order valence-corrected chi connectivity index (χ0v) is 18.2. The van der Waals surface area contributed by atoms with Gasteiger partial charge in [0.25, 0.3) is 0 Å². The molecule has 0 radical (unpaired) electrons. The standard InChI is InChI=1S/C26H18N4O2S/c31-24(27-16-11-12-19-20(14-16)29-26(28-19)23-10-5-13-33-23)15-30-21-8-3-1-6-17(21)25(32)18-7-2-4-9-22(18)30/h1-14H,15H2,(H,27,31)(H,28,29). The van der Waals surface area contributed by atoms with Crippen LogP contribution >= 0.6 is 11.3 Å². The van der Waals surface area contributed by atoms with E-state index in [9.17, 15) is 9.59 Å². The van der Waals surface area contributed by atoms with Gasteiger partial charge in [0.1, 0.15) is 12.4 Å². The Balaban J connectivity index is 1.34. The molecule has 0 aliphatic carbocycles. The molecule has 0 atom stereocenters. The minimum atomic E-state index is -0.175. The number of carbonyl (C=O) groups is 1. The molecule has 6 nitrogen and oxygen atoms in total. The predicted molar refractivity (Wildman–Crippen MR) is 134 cm³/mol. The summed E-state index contributed by atoms with van der Waals surface area (Å²) in [5.74, 6) is 0.640. The van der Waals surface area contributed by atoms with E-state index in [0.29, 0.717) is 16.5 Å². The lowest BCUT2D eigenvalue weighted by Crippen LogP contribution is -2.21. The number of imidazole rings is 1. The summed E-state index contributed by atoms with van der Waals surface area (Å²) in [7, 11) is 0. The lowest BCUT2D eigenvalue weighted by molar-refractivity contribution is -0.116. The van der Waals surface area contributed by atoms with Gasteiger partial charge in [-0.15, -0.1) is 11.3 Å². The van der Waals surface area contributed by atoms with E-state index in [2.05, 4.69) is 15.3 Å². The summed E-state index contributed by atoms with van der Waals surface area (Å²) in [6.07, 6.45) is 0. The average Bonchev–Trinajstić information content (AvgIpc) is 3.51. The first-order valence-corrected chi connectivity index (χ1v) is 11.4. The summed E-state index contributed by atoms with van der Waals surface area (Å²) >= 11 is 1.62. The fourth-order valence-electron chi connectivity index (χ4n) is 4.21. The number of anilines is 1. The first-order valence-electron chi connectivity index (χ1n) is 10.5. The number of nitrogens with one attached hydrogen (secondary N) is 2. The Morgan fingerprint density at radius 2 is 1.67 bits per heavy atom. The summed E-state index contributed by atoms with van der Waals surface area (Å²) in [6, 6.07) is 24.4. The SMILES string of the molecule is O=C(Cn1c2ccccc2c(=O)c2ccccc21)Nc1ccc2nc(-c3cccs3)[nH]c2c1. The van der Waals surface area contributed by atoms with Crippen molar-refractivity contribution in [2.75, 3.05) is 5.32 Å². The van der Waals surface area contributed by atoms with Gasteiger partial charge in [0.05, 0.1) is 26.9 Å². The van der Waals surface area contributed by atoms with Gasteiger partial charge < -0.3 is 14.9 Å². The third-order valence-corrected chi connectivity index (χ3v) is 6.58. The molecule has 33 heavy (non-hydrogen) atoms. The Kier molecular flexibility index (Phi) is 4.55. The van der Waals surface area contributed by atoms with Gasteiger partial charge in [-0.1, -0.05) is 30.3 Å². The van der Waals surface area contributed by atoms with E-state index < -0.39 is 0 Å². The number of aromatic nitrogens is 3. The van der Waals surface area contributed by atoms with Gasteiger partial charge in [-0.3, -0.25) is 9.59 Å². The highest BCUT2D eigenvalue weighted by Crippen LogP contribution is 2.26. The van der Waals surface area contributed by atoms with Crippen molar-refractivity contribution in [1.29, 1.82) is 0 Å². The molecular weight excluding hydrogens is 432 g/mol. The van der Waals surface area contributed by atoms with Crippen LogP contribution in [-0.2, 0) is 11.3 Å². The molecule has 3 heterocycles. The highest BCUT2D eigenvalue weighted by molar-refractivity contribution is 7.13. The maximum atomic E-state index is 13.0. The van der Waals surface area contributed by atoms with E-state index in [1.54, 1.807) is 23.5 Å². The first kappa shape index (κ1) is 19.5. The van der Waals surface area contributed by atoms with Crippen LogP contribution in [-0.4, -0.2) is 20.4 Å². The van der Waals surface area contributed by atoms with Crippen LogP contribution in [0.5, 0.6) is 0 Å². The molecular formula is C26H18N4O2S. The van der Waals surface area contributed by atoms with Crippen molar-refractivity contribution in [3.63, 3.8) is 0 Å². The number of hydrogen-bond acceptors (Lipinski definition) is 4. The molecule has 2 N–H and O–H groups in total. The highest BCUT2D eigenvalue weighted by atomic mass is 32.1. The van der Waals surface area contributed by atoms with E-state index >= 15 is 0 Å². The summed E-state index contributed by atoms with van der Waals surface area (Å²) < 4.78 is 1.89. The number of fused-ring (bicyclic) bond motifs is 3. The maximum absolute atomic E-state index is 13.0. The average molecular weight is 451 g/mol. The van der Waals surface area contributed by atoms with Gasteiger partial charge in [-0.2, -0.15) is 0 Å². The zero-order valence-electron chi connectivity index (χ0n) is 17.4. The van der Waals surface area contributed by atoms with Crippen LogP contribution in [0.4, 0.5) is 5.69 Å². The predicted octanol–water partition coefficient (Wildman–Crippen LogP) is 5.40. The molecule has 160 valence electrons. The van der Waals surface area contributed by atoms with Crippen molar-refractivity contribution in [3.8, 4) is 10.7 Å². The molecule has 0 unspecified atom stereocenters. The van der Waals surface area contributed by atoms with Gasteiger partial charge >= 0.3 is 0 Å². The second kappa shape index (κ2) is 7.72. The smallest absolute Gasteiger partial charge is 0.244 e. The first-order chi connectivity index (χ1) is 16.2. The molecule has 0 aliphatic heterocycles.